The molecular formula is C35H35F9O4. The molecule has 2 fully saturated rings. The normalized spacial score (nSPS) is 22.0. The van der Waals surface area contributed by atoms with Gasteiger partial charge in [0, 0.05) is 23.5 Å². The highest BCUT2D eigenvalue weighted by atomic mass is 19.4. The second-order valence-corrected chi connectivity index (χ2v) is 12.3. The Kier molecular flexibility index (Phi) is 11.2. The van der Waals surface area contributed by atoms with Crippen LogP contribution >= 0.6 is 0 Å². The first-order valence-corrected chi connectivity index (χ1v) is 15.9. The molecule has 1 heterocycles. The predicted octanol–water partition coefficient (Wildman–Crippen LogP) is 10.8. The van der Waals surface area contributed by atoms with Gasteiger partial charge in [0.1, 0.15) is 28.8 Å². The Bertz CT molecular complexity index is 1520. The van der Waals surface area contributed by atoms with Crippen molar-refractivity contribution < 1.29 is 58.5 Å². The monoisotopic (exact) mass is 690 g/mol. The van der Waals surface area contributed by atoms with Gasteiger partial charge >= 0.3 is 12.5 Å². The SMILES string of the molecule is CCCCCC1COC(C2CCC(c3cc(F)c(C(F)(F)Oc4ccc(-c5ccc(OC(F)(F)F)c(F)c5)c(F)c4)c(F)c3)CC2)OC1. The molecule has 0 N–H and O–H groups in total. The van der Waals surface area contributed by atoms with Crippen LogP contribution in [0.25, 0.3) is 11.1 Å². The highest BCUT2D eigenvalue weighted by molar-refractivity contribution is 5.66. The van der Waals surface area contributed by atoms with Crippen molar-refractivity contribution in [3.05, 3.63) is 82.9 Å². The molecule has 0 spiro atoms. The summed E-state index contributed by atoms with van der Waals surface area (Å²) in [5.74, 6) is -7.44. The van der Waals surface area contributed by atoms with Gasteiger partial charge in [-0.2, -0.15) is 8.78 Å². The fourth-order valence-corrected chi connectivity index (χ4v) is 6.38. The highest BCUT2D eigenvalue weighted by Gasteiger charge is 2.42. The molecule has 4 nitrogen and oxygen atoms in total. The highest BCUT2D eigenvalue weighted by Crippen LogP contribution is 2.42. The molecule has 0 atom stereocenters. The van der Waals surface area contributed by atoms with Crippen LogP contribution in [0.15, 0.2) is 48.5 Å². The van der Waals surface area contributed by atoms with Crippen molar-refractivity contribution in [1.29, 1.82) is 0 Å². The van der Waals surface area contributed by atoms with Gasteiger partial charge in [-0.25, -0.2) is 17.6 Å². The van der Waals surface area contributed by atoms with E-state index in [9.17, 15) is 22.0 Å². The van der Waals surface area contributed by atoms with Gasteiger partial charge in [-0.1, -0.05) is 32.3 Å². The lowest BCUT2D eigenvalue weighted by Gasteiger charge is -2.37. The summed E-state index contributed by atoms with van der Waals surface area (Å²) in [4.78, 5) is 0. The molecule has 2 aliphatic rings. The maximum atomic E-state index is 15.1. The van der Waals surface area contributed by atoms with E-state index in [4.69, 9.17) is 9.47 Å². The molecule has 0 amide bonds. The standard InChI is InChI=1S/C35H35F9O4/c1-2-3-4-5-20-18-45-33(46-19-20)22-8-6-21(7-9-22)24-15-29(38)32(30(39)16-24)34(40,41)47-25-11-12-26(27(36)17-25)23-10-13-31(28(37)14-23)48-35(42,43)44/h10-17,20-22,33H,2-9,18-19H2,1H3. The van der Waals surface area contributed by atoms with E-state index in [1.54, 1.807) is 0 Å². The largest absolute Gasteiger partial charge is 0.573 e. The number of hydrogen-bond acceptors (Lipinski definition) is 4. The lowest BCUT2D eigenvalue weighted by molar-refractivity contribution is -0.275. The summed E-state index contributed by atoms with van der Waals surface area (Å²) in [5.41, 5.74) is -2.01. The summed E-state index contributed by atoms with van der Waals surface area (Å²) < 4.78 is 147. The van der Waals surface area contributed by atoms with Crippen molar-refractivity contribution in [1.82, 2.24) is 0 Å². The number of benzene rings is 3. The lowest BCUT2D eigenvalue weighted by atomic mass is 9.78. The van der Waals surface area contributed by atoms with Gasteiger partial charge in [-0.05, 0) is 85.5 Å². The molecule has 1 saturated heterocycles. The number of hydrogen-bond donors (Lipinski definition) is 0. The van der Waals surface area contributed by atoms with Gasteiger partial charge in [-0.3, -0.25) is 0 Å². The number of halogens is 9. The molecule has 0 bridgehead atoms. The average molecular weight is 691 g/mol. The van der Waals surface area contributed by atoms with Gasteiger partial charge in [0.05, 0.1) is 13.2 Å². The number of unbranched alkanes of at least 4 members (excludes halogenated alkanes) is 2. The van der Waals surface area contributed by atoms with Crippen molar-refractivity contribution in [3.8, 4) is 22.6 Å². The molecule has 13 heteroatoms. The van der Waals surface area contributed by atoms with Crippen molar-refractivity contribution in [2.45, 2.75) is 83.0 Å². The Morgan fingerprint density at radius 1 is 0.729 bits per heavy atom. The summed E-state index contributed by atoms with van der Waals surface area (Å²) in [6.45, 7) is 3.42. The fourth-order valence-electron chi connectivity index (χ4n) is 6.38. The summed E-state index contributed by atoms with van der Waals surface area (Å²) in [7, 11) is 0. The van der Waals surface area contributed by atoms with Gasteiger partial charge in [0.2, 0.25) is 0 Å². The van der Waals surface area contributed by atoms with E-state index >= 15 is 17.6 Å². The molecular weight excluding hydrogens is 655 g/mol. The van der Waals surface area contributed by atoms with Crippen LogP contribution in [-0.4, -0.2) is 25.9 Å². The van der Waals surface area contributed by atoms with E-state index in [-0.39, 0.29) is 34.8 Å². The van der Waals surface area contributed by atoms with Gasteiger partial charge in [0.25, 0.3) is 0 Å². The van der Waals surface area contributed by atoms with E-state index in [2.05, 4.69) is 16.4 Å². The minimum absolute atomic E-state index is 0.123. The Hall–Kier alpha value is -3.45. The Labute approximate surface area is 272 Å². The number of rotatable bonds is 11. The Balaban J connectivity index is 1.20. The minimum atomic E-state index is -5.16. The lowest BCUT2D eigenvalue weighted by Crippen LogP contribution is -2.38. The van der Waals surface area contributed by atoms with Crippen LogP contribution in [0.4, 0.5) is 39.5 Å². The third-order valence-electron chi connectivity index (χ3n) is 8.85. The predicted molar refractivity (Wildman–Crippen MR) is 157 cm³/mol. The number of alkyl halides is 5. The van der Waals surface area contributed by atoms with Crippen molar-refractivity contribution in [2.24, 2.45) is 11.8 Å². The summed E-state index contributed by atoms with van der Waals surface area (Å²) in [5, 5.41) is 0. The van der Waals surface area contributed by atoms with Gasteiger partial charge < -0.3 is 18.9 Å². The second kappa shape index (κ2) is 15.0. The van der Waals surface area contributed by atoms with Crippen LogP contribution < -0.4 is 9.47 Å². The molecule has 0 radical (unpaired) electrons. The molecule has 3 aromatic rings. The first kappa shape index (κ1) is 35.8. The molecule has 0 unspecified atom stereocenters. The molecule has 1 aliphatic heterocycles. The van der Waals surface area contributed by atoms with Gasteiger partial charge in [-0.15, -0.1) is 13.2 Å². The Morgan fingerprint density at radius 3 is 1.98 bits per heavy atom. The first-order valence-electron chi connectivity index (χ1n) is 15.9. The zero-order valence-electron chi connectivity index (χ0n) is 26.0. The Morgan fingerprint density at radius 2 is 1.40 bits per heavy atom. The fraction of sp³-hybridized carbons (Fsp3) is 0.486. The van der Waals surface area contributed by atoms with E-state index in [0.29, 0.717) is 63.0 Å². The zero-order valence-corrected chi connectivity index (χ0v) is 26.0. The maximum Gasteiger partial charge on any atom is 0.573 e. The second-order valence-electron chi connectivity index (χ2n) is 12.3. The molecule has 262 valence electrons. The first-order chi connectivity index (χ1) is 22.7. The minimum Gasteiger partial charge on any atom is -0.429 e. The van der Waals surface area contributed by atoms with Crippen LogP contribution in [0, 0.1) is 35.1 Å². The van der Waals surface area contributed by atoms with E-state index < -0.39 is 52.8 Å². The van der Waals surface area contributed by atoms with Crippen molar-refractivity contribution >= 4 is 0 Å². The van der Waals surface area contributed by atoms with Crippen molar-refractivity contribution in [3.63, 3.8) is 0 Å². The summed E-state index contributed by atoms with van der Waals surface area (Å²) in [6.07, 6.45) is -3.05. The third-order valence-corrected chi connectivity index (χ3v) is 8.85. The number of ether oxygens (including phenoxy) is 4. The topological polar surface area (TPSA) is 36.9 Å². The molecule has 5 rings (SSSR count). The van der Waals surface area contributed by atoms with E-state index in [1.165, 1.54) is 6.42 Å². The van der Waals surface area contributed by atoms with Crippen LogP contribution in [0.3, 0.4) is 0 Å². The van der Waals surface area contributed by atoms with E-state index in [0.717, 1.165) is 49.6 Å². The van der Waals surface area contributed by atoms with Crippen LogP contribution in [0.5, 0.6) is 11.5 Å². The zero-order chi connectivity index (χ0) is 34.6. The average Bonchev–Trinajstić information content (AvgIpc) is 3.01. The quantitative estimate of drug-likeness (QED) is 0.148. The molecule has 48 heavy (non-hydrogen) atoms. The summed E-state index contributed by atoms with van der Waals surface area (Å²) >= 11 is 0. The smallest absolute Gasteiger partial charge is 0.429 e. The van der Waals surface area contributed by atoms with Crippen LogP contribution in [-0.2, 0) is 15.6 Å². The van der Waals surface area contributed by atoms with Crippen LogP contribution in [0.1, 0.15) is 75.3 Å². The molecule has 1 saturated carbocycles. The van der Waals surface area contributed by atoms with Crippen LogP contribution in [0.2, 0.25) is 0 Å². The third kappa shape index (κ3) is 8.76. The van der Waals surface area contributed by atoms with Crippen molar-refractivity contribution in [2.75, 3.05) is 13.2 Å². The van der Waals surface area contributed by atoms with E-state index in [1.807, 2.05) is 0 Å². The maximum absolute atomic E-state index is 15.1. The molecule has 1 aliphatic carbocycles. The molecule has 3 aromatic carbocycles. The molecule has 0 aromatic heterocycles. The summed E-state index contributed by atoms with van der Waals surface area (Å²) in [6, 6.07) is 6.07. The van der Waals surface area contributed by atoms with Gasteiger partial charge in [0.15, 0.2) is 17.9 Å².